The highest BCUT2D eigenvalue weighted by molar-refractivity contribution is 5.24. The third-order valence-electron chi connectivity index (χ3n) is 3.67. The Morgan fingerprint density at radius 2 is 1.94 bits per heavy atom. The van der Waals surface area contributed by atoms with Crippen LogP contribution in [-0.4, -0.2) is 17.7 Å². The average Bonchev–Trinajstić information content (AvgIpc) is 2.58. The summed E-state index contributed by atoms with van der Waals surface area (Å²) >= 11 is 0. The lowest BCUT2D eigenvalue weighted by Crippen LogP contribution is -2.46. The van der Waals surface area contributed by atoms with E-state index in [0.29, 0.717) is 0 Å². The fourth-order valence-electron chi connectivity index (χ4n) is 2.50. The number of aliphatic hydroxyl groups is 1. The van der Waals surface area contributed by atoms with E-state index in [-0.39, 0.29) is 11.9 Å². The Morgan fingerprint density at radius 1 is 1.24 bits per heavy atom. The summed E-state index contributed by atoms with van der Waals surface area (Å²) in [5.74, 6) is -0.265. The summed E-state index contributed by atoms with van der Waals surface area (Å²) in [5.41, 5.74) is -0.156. The monoisotopic (exact) mass is 237 g/mol. The van der Waals surface area contributed by atoms with E-state index in [9.17, 15) is 9.50 Å². The maximum atomic E-state index is 12.9. The lowest BCUT2D eigenvalue weighted by atomic mass is 9.86. The van der Waals surface area contributed by atoms with Gasteiger partial charge in [0.1, 0.15) is 11.4 Å². The highest BCUT2D eigenvalue weighted by atomic mass is 19.1. The number of halogens is 1. The largest absolute Gasteiger partial charge is 0.384 e. The molecule has 1 aromatic rings. The molecule has 0 radical (unpaired) electrons. The van der Waals surface area contributed by atoms with Crippen molar-refractivity contribution in [2.45, 2.75) is 44.2 Å². The predicted molar refractivity (Wildman–Crippen MR) is 66.2 cm³/mol. The highest BCUT2D eigenvalue weighted by Crippen LogP contribution is 2.29. The first kappa shape index (κ1) is 12.5. The lowest BCUT2D eigenvalue weighted by Gasteiger charge is -2.33. The number of benzene rings is 1. The van der Waals surface area contributed by atoms with Gasteiger partial charge in [-0.05, 0) is 44.0 Å². The van der Waals surface area contributed by atoms with Gasteiger partial charge in [0.15, 0.2) is 0 Å². The molecule has 0 bridgehead atoms. The molecular formula is C14H20FNO. The van der Waals surface area contributed by atoms with Crippen LogP contribution in [0.15, 0.2) is 24.3 Å². The molecular weight excluding hydrogens is 217 g/mol. The highest BCUT2D eigenvalue weighted by Gasteiger charge is 2.33. The molecule has 2 nitrogen and oxygen atoms in total. The van der Waals surface area contributed by atoms with Gasteiger partial charge in [-0.25, -0.2) is 4.39 Å². The normalized spacial score (nSPS) is 25.0. The van der Waals surface area contributed by atoms with Crippen molar-refractivity contribution in [2.75, 3.05) is 6.54 Å². The number of hydrogen-bond donors (Lipinski definition) is 2. The zero-order valence-electron chi connectivity index (χ0n) is 10.2. The van der Waals surface area contributed by atoms with Gasteiger partial charge in [0, 0.05) is 6.04 Å². The van der Waals surface area contributed by atoms with Gasteiger partial charge in [-0.1, -0.05) is 25.0 Å². The summed E-state index contributed by atoms with van der Waals surface area (Å²) in [6, 6.07) is 6.20. The molecule has 0 saturated carbocycles. The smallest absolute Gasteiger partial charge is 0.123 e. The van der Waals surface area contributed by atoms with Gasteiger partial charge in [0.05, 0.1) is 0 Å². The second kappa shape index (κ2) is 5.15. The molecule has 0 amide bonds. The Kier molecular flexibility index (Phi) is 3.79. The van der Waals surface area contributed by atoms with Crippen molar-refractivity contribution in [1.29, 1.82) is 0 Å². The SMILES string of the molecule is CC(O)(c1ccc(F)cc1)C1CCCCCN1. The molecule has 1 heterocycles. The van der Waals surface area contributed by atoms with Crippen molar-refractivity contribution in [3.8, 4) is 0 Å². The van der Waals surface area contributed by atoms with Crippen LogP contribution in [0.4, 0.5) is 4.39 Å². The summed E-state index contributed by atoms with van der Waals surface area (Å²) < 4.78 is 12.9. The maximum absolute atomic E-state index is 12.9. The second-order valence-electron chi connectivity index (χ2n) is 5.01. The van der Waals surface area contributed by atoms with Gasteiger partial charge in [0.25, 0.3) is 0 Å². The van der Waals surface area contributed by atoms with Gasteiger partial charge >= 0.3 is 0 Å². The summed E-state index contributed by atoms with van der Waals surface area (Å²) in [6.45, 7) is 2.76. The summed E-state index contributed by atoms with van der Waals surface area (Å²) in [5, 5.41) is 14.0. The third kappa shape index (κ3) is 2.85. The Labute approximate surface area is 102 Å². The summed E-state index contributed by atoms with van der Waals surface area (Å²) in [6.07, 6.45) is 4.47. The van der Waals surface area contributed by atoms with Gasteiger partial charge in [-0.2, -0.15) is 0 Å². The molecule has 2 atom stereocenters. The minimum Gasteiger partial charge on any atom is -0.384 e. The van der Waals surface area contributed by atoms with Crippen LogP contribution in [0.3, 0.4) is 0 Å². The maximum Gasteiger partial charge on any atom is 0.123 e. The van der Waals surface area contributed by atoms with E-state index in [4.69, 9.17) is 0 Å². The van der Waals surface area contributed by atoms with E-state index >= 15 is 0 Å². The topological polar surface area (TPSA) is 32.3 Å². The Morgan fingerprint density at radius 3 is 2.65 bits per heavy atom. The fraction of sp³-hybridized carbons (Fsp3) is 0.571. The Balaban J connectivity index is 2.18. The molecule has 0 spiro atoms. The molecule has 0 aromatic heterocycles. The molecule has 2 rings (SSSR count). The first-order valence-corrected chi connectivity index (χ1v) is 6.32. The van der Waals surface area contributed by atoms with Gasteiger partial charge in [-0.15, -0.1) is 0 Å². The van der Waals surface area contributed by atoms with Crippen LogP contribution in [0, 0.1) is 5.82 Å². The molecule has 1 fully saturated rings. The van der Waals surface area contributed by atoms with Crippen LogP contribution in [-0.2, 0) is 5.60 Å². The zero-order valence-corrected chi connectivity index (χ0v) is 10.2. The van der Waals surface area contributed by atoms with Crippen molar-refractivity contribution in [3.63, 3.8) is 0 Å². The molecule has 1 saturated heterocycles. The second-order valence-corrected chi connectivity index (χ2v) is 5.01. The molecule has 1 aromatic carbocycles. The van der Waals surface area contributed by atoms with Crippen LogP contribution in [0.2, 0.25) is 0 Å². The van der Waals surface area contributed by atoms with Gasteiger partial charge < -0.3 is 10.4 Å². The fourth-order valence-corrected chi connectivity index (χ4v) is 2.50. The van der Waals surface area contributed by atoms with E-state index in [1.807, 2.05) is 6.92 Å². The molecule has 0 aliphatic carbocycles. The molecule has 1 aliphatic heterocycles. The van der Waals surface area contributed by atoms with Crippen molar-refractivity contribution >= 4 is 0 Å². The third-order valence-corrected chi connectivity index (χ3v) is 3.67. The Bertz CT molecular complexity index is 353. The molecule has 2 unspecified atom stereocenters. The number of rotatable bonds is 2. The van der Waals surface area contributed by atoms with E-state index in [1.165, 1.54) is 18.6 Å². The van der Waals surface area contributed by atoms with Crippen LogP contribution < -0.4 is 5.32 Å². The quantitative estimate of drug-likeness (QED) is 0.828. The lowest BCUT2D eigenvalue weighted by molar-refractivity contribution is 0.0135. The minimum absolute atomic E-state index is 0.0514. The van der Waals surface area contributed by atoms with Crippen LogP contribution >= 0.6 is 0 Å². The van der Waals surface area contributed by atoms with Gasteiger partial charge in [0.2, 0.25) is 0 Å². The summed E-state index contributed by atoms with van der Waals surface area (Å²) in [4.78, 5) is 0. The van der Waals surface area contributed by atoms with Crippen molar-refractivity contribution < 1.29 is 9.50 Å². The van der Waals surface area contributed by atoms with E-state index < -0.39 is 5.60 Å². The average molecular weight is 237 g/mol. The van der Waals surface area contributed by atoms with Crippen molar-refractivity contribution in [3.05, 3.63) is 35.6 Å². The molecule has 2 N–H and O–H groups in total. The van der Waals surface area contributed by atoms with Crippen LogP contribution in [0.1, 0.15) is 38.2 Å². The number of hydrogen-bond acceptors (Lipinski definition) is 2. The van der Waals surface area contributed by atoms with Crippen LogP contribution in [0.25, 0.3) is 0 Å². The van der Waals surface area contributed by atoms with Crippen LogP contribution in [0.5, 0.6) is 0 Å². The standard InChI is InChI=1S/C14H20FNO/c1-14(17,11-6-8-12(15)9-7-11)13-5-3-2-4-10-16-13/h6-9,13,16-17H,2-5,10H2,1H3. The van der Waals surface area contributed by atoms with Gasteiger partial charge in [-0.3, -0.25) is 0 Å². The van der Waals surface area contributed by atoms with E-state index in [0.717, 1.165) is 31.4 Å². The molecule has 3 heteroatoms. The molecule has 17 heavy (non-hydrogen) atoms. The zero-order chi connectivity index (χ0) is 12.3. The van der Waals surface area contributed by atoms with Crippen molar-refractivity contribution in [1.82, 2.24) is 5.32 Å². The Hall–Kier alpha value is -0.930. The first-order chi connectivity index (χ1) is 8.10. The minimum atomic E-state index is -0.932. The van der Waals surface area contributed by atoms with Crippen molar-refractivity contribution in [2.24, 2.45) is 0 Å². The summed E-state index contributed by atoms with van der Waals surface area (Å²) in [7, 11) is 0. The van der Waals surface area contributed by atoms with E-state index in [1.54, 1.807) is 12.1 Å². The predicted octanol–water partition coefficient (Wildman–Crippen LogP) is 2.57. The molecule has 94 valence electrons. The van der Waals surface area contributed by atoms with E-state index in [2.05, 4.69) is 5.32 Å². The first-order valence-electron chi connectivity index (χ1n) is 6.32. The molecule has 1 aliphatic rings. The number of nitrogens with one attached hydrogen (secondary N) is 1.